The zero-order valence-electron chi connectivity index (χ0n) is 13.2. The number of hydrogen-bond acceptors (Lipinski definition) is 3. The average molecular weight is 311 g/mol. The van der Waals surface area contributed by atoms with Crippen LogP contribution in [0.1, 0.15) is 36.5 Å². The minimum Gasteiger partial charge on any atom is -0.493 e. The summed E-state index contributed by atoms with van der Waals surface area (Å²) in [7, 11) is 1.45. The molecule has 0 radical (unpaired) electrons. The summed E-state index contributed by atoms with van der Waals surface area (Å²) in [5.41, 5.74) is 3.33. The first kappa shape index (κ1) is 16.2. The topological polar surface area (TPSA) is 35.5 Å². The summed E-state index contributed by atoms with van der Waals surface area (Å²) < 4.78 is 10.6. The molecule has 0 saturated heterocycles. The summed E-state index contributed by atoms with van der Waals surface area (Å²) >= 11 is 6.29. The summed E-state index contributed by atoms with van der Waals surface area (Å²) in [4.78, 5) is 11.5. The Morgan fingerprint density at radius 3 is 2.76 bits per heavy atom. The van der Waals surface area contributed by atoms with Crippen LogP contribution in [-0.4, -0.2) is 19.7 Å². The molecule has 0 amide bonds. The van der Waals surface area contributed by atoms with E-state index in [1.807, 2.05) is 26.8 Å². The molecule has 2 rings (SSSR count). The van der Waals surface area contributed by atoms with E-state index >= 15 is 0 Å². The van der Waals surface area contributed by atoms with Gasteiger partial charge >= 0.3 is 5.97 Å². The van der Waals surface area contributed by atoms with Crippen LogP contribution in [0.25, 0.3) is 0 Å². The number of ether oxygens (including phenoxy) is 2. The van der Waals surface area contributed by atoms with E-state index in [9.17, 15) is 4.79 Å². The van der Waals surface area contributed by atoms with Crippen molar-refractivity contribution in [3.05, 3.63) is 27.8 Å². The molecule has 1 aromatic carbocycles. The molecule has 0 N–H and O–H groups in total. The Bertz CT molecular complexity index is 539. The molecule has 116 valence electrons. The Labute approximate surface area is 131 Å². The summed E-state index contributed by atoms with van der Waals surface area (Å²) in [6.45, 7) is 6.68. The highest BCUT2D eigenvalue weighted by Gasteiger charge is 2.43. The lowest BCUT2D eigenvalue weighted by molar-refractivity contribution is -0.142. The first-order chi connectivity index (χ1) is 9.99. The van der Waals surface area contributed by atoms with Gasteiger partial charge in [0, 0.05) is 5.02 Å². The molecule has 1 aromatic rings. The average Bonchev–Trinajstić information content (AvgIpc) is 3.23. The first-order valence-electron chi connectivity index (χ1n) is 7.48. The Morgan fingerprint density at radius 1 is 1.43 bits per heavy atom. The molecule has 0 heterocycles. The van der Waals surface area contributed by atoms with E-state index in [0.29, 0.717) is 12.5 Å². The molecule has 3 nitrogen and oxygen atoms in total. The van der Waals surface area contributed by atoms with Crippen LogP contribution in [0.5, 0.6) is 5.75 Å². The lowest BCUT2D eigenvalue weighted by Crippen LogP contribution is -2.06. The number of rotatable bonds is 6. The molecular weight excluding hydrogens is 288 g/mol. The van der Waals surface area contributed by atoms with Crippen molar-refractivity contribution in [1.82, 2.24) is 0 Å². The van der Waals surface area contributed by atoms with Crippen LogP contribution < -0.4 is 4.74 Å². The Balaban J connectivity index is 2.11. The first-order valence-corrected chi connectivity index (χ1v) is 7.86. The fraction of sp³-hybridized carbons (Fsp3) is 0.588. The molecule has 0 bridgehead atoms. The largest absolute Gasteiger partial charge is 0.493 e. The minimum atomic E-state index is -0.0796. The SMILES string of the molecule is CCOc1c(C)cc(Cl)c(C)c1CCC1CC1C(=O)OC. The van der Waals surface area contributed by atoms with E-state index in [0.717, 1.165) is 41.2 Å². The molecule has 0 aliphatic heterocycles. The van der Waals surface area contributed by atoms with E-state index in [2.05, 4.69) is 0 Å². The monoisotopic (exact) mass is 310 g/mol. The second-order valence-corrected chi connectivity index (χ2v) is 6.11. The van der Waals surface area contributed by atoms with Crippen LogP contribution in [0.4, 0.5) is 0 Å². The molecule has 2 unspecified atom stereocenters. The van der Waals surface area contributed by atoms with E-state index in [-0.39, 0.29) is 11.9 Å². The zero-order valence-corrected chi connectivity index (χ0v) is 13.9. The van der Waals surface area contributed by atoms with Crippen molar-refractivity contribution in [2.75, 3.05) is 13.7 Å². The summed E-state index contributed by atoms with van der Waals surface area (Å²) in [6.07, 6.45) is 2.80. The number of esters is 1. The molecular formula is C17H23ClO3. The highest BCUT2D eigenvalue weighted by Crippen LogP contribution is 2.44. The molecule has 21 heavy (non-hydrogen) atoms. The highest BCUT2D eigenvalue weighted by atomic mass is 35.5. The van der Waals surface area contributed by atoms with Crippen molar-refractivity contribution in [2.45, 2.75) is 40.0 Å². The van der Waals surface area contributed by atoms with Crippen LogP contribution in [0.15, 0.2) is 6.07 Å². The number of halogens is 1. The molecule has 2 atom stereocenters. The highest BCUT2D eigenvalue weighted by molar-refractivity contribution is 6.31. The number of carbonyl (C=O) groups excluding carboxylic acids is 1. The molecule has 1 fully saturated rings. The van der Waals surface area contributed by atoms with Gasteiger partial charge in [0.2, 0.25) is 0 Å². The summed E-state index contributed by atoms with van der Waals surface area (Å²) in [5.74, 6) is 1.40. The molecule has 4 heteroatoms. The normalized spacial score (nSPS) is 20.2. The van der Waals surface area contributed by atoms with Gasteiger partial charge in [0.05, 0.1) is 19.6 Å². The van der Waals surface area contributed by atoms with Gasteiger partial charge in [-0.05, 0) is 68.7 Å². The van der Waals surface area contributed by atoms with Crippen LogP contribution in [0.3, 0.4) is 0 Å². The van der Waals surface area contributed by atoms with Gasteiger partial charge in [0.25, 0.3) is 0 Å². The predicted molar refractivity (Wildman–Crippen MR) is 84.0 cm³/mol. The van der Waals surface area contributed by atoms with Crippen molar-refractivity contribution in [3.8, 4) is 5.75 Å². The number of benzene rings is 1. The van der Waals surface area contributed by atoms with Gasteiger partial charge in [0.15, 0.2) is 0 Å². The molecule has 0 aromatic heterocycles. The van der Waals surface area contributed by atoms with Gasteiger partial charge < -0.3 is 9.47 Å². The summed E-state index contributed by atoms with van der Waals surface area (Å²) in [6, 6.07) is 1.96. The maximum absolute atomic E-state index is 11.5. The Morgan fingerprint density at radius 2 is 2.14 bits per heavy atom. The van der Waals surface area contributed by atoms with Crippen LogP contribution in [0.2, 0.25) is 5.02 Å². The molecule has 1 saturated carbocycles. The van der Waals surface area contributed by atoms with Crippen LogP contribution in [-0.2, 0) is 16.0 Å². The standard InChI is InChI=1S/C17H23ClO3/c1-5-21-16-10(2)8-15(18)11(3)13(16)7-6-12-9-14(12)17(19)20-4/h8,12,14H,5-7,9H2,1-4H3. The van der Waals surface area contributed by atoms with Crippen molar-refractivity contribution < 1.29 is 14.3 Å². The molecule has 1 aliphatic carbocycles. The van der Waals surface area contributed by atoms with E-state index in [1.165, 1.54) is 12.7 Å². The Hall–Kier alpha value is -1.22. The lowest BCUT2D eigenvalue weighted by Gasteiger charge is -2.17. The zero-order chi connectivity index (χ0) is 15.6. The minimum absolute atomic E-state index is 0.0796. The van der Waals surface area contributed by atoms with Gasteiger partial charge in [-0.3, -0.25) is 4.79 Å². The number of hydrogen-bond donors (Lipinski definition) is 0. The fourth-order valence-corrected chi connectivity index (χ4v) is 3.18. The third-order valence-electron chi connectivity index (χ3n) is 4.27. The van der Waals surface area contributed by atoms with Gasteiger partial charge in [-0.15, -0.1) is 0 Å². The molecule has 0 spiro atoms. The van der Waals surface area contributed by atoms with Crippen molar-refractivity contribution in [2.24, 2.45) is 11.8 Å². The Kier molecular flexibility index (Phi) is 5.15. The van der Waals surface area contributed by atoms with Crippen LogP contribution in [0, 0.1) is 25.7 Å². The third-order valence-corrected chi connectivity index (χ3v) is 4.66. The van der Waals surface area contributed by atoms with Crippen molar-refractivity contribution in [3.63, 3.8) is 0 Å². The number of carbonyl (C=O) groups is 1. The fourth-order valence-electron chi connectivity index (χ4n) is 2.90. The van der Waals surface area contributed by atoms with Crippen molar-refractivity contribution in [1.29, 1.82) is 0 Å². The maximum atomic E-state index is 11.5. The number of aryl methyl sites for hydroxylation is 1. The molecule has 1 aliphatic rings. The van der Waals surface area contributed by atoms with E-state index in [4.69, 9.17) is 21.1 Å². The van der Waals surface area contributed by atoms with E-state index in [1.54, 1.807) is 0 Å². The quantitative estimate of drug-likeness (QED) is 0.742. The predicted octanol–water partition coefficient (Wildman–Crippen LogP) is 4.10. The second kappa shape index (κ2) is 6.69. The second-order valence-electron chi connectivity index (χ2n) is 5.71. The van der Waals surface area contributed by atoms with Gasteiger partial charge in [-0.1, -0.05) is 11.6 Å². The van der Waals surface area contributed by atoms with Gasteiger partial charge in [0.1, 0.15) is 5.75 Å². The van der Waals surface area contributed by atoms with Crippen molar-refractivity contribution >= 4 is 17.6 Å². The smallest absolute Gasteiger partial charge is 0.308 e. The van der Waals surface area contributed by atoms with E-state index < -0.39 is 0 Å². The maximum Gasteiger partial charge on any atom is 0.308 e. The van der Waals surface area contributed by atoms with Gasteiger partial charge in [-0.25, -0.2) is 0 Å². The number of methoxy groups -OCH3 is 1. The summed E-state index contributed by atoms with van der Waals surface area (Å²) in [5, 5.41) is 0.784. The lowest BCUT2D eigenvalue weighted by atomic mass is 9.98. The van der Waals surface area contributed by atoms with Gasteiger partial charge in [-0.2, -0.15) is 0 Å². The third kappa shape index (κ3) is 3.52. The van der Waals surface area contributed by atoms with Crippen LogP contribution >= 0.6 is 11.6 Å².